The number of pyridine rings is 1. The maximum atomic E-state index is 12.6. The van der Waals surface area contributed by atoms with Gasteiger partial charge < -0.3 is 5.32 Å². The molecule has 11 heteroatoms. The van der Waals surface area contributed by atoms with Gasteiger partial charge in [-0.25, -0.2) is 8.42 Å². The molecule has 2 aromatic carbocycles. The number of hydrogen-bond donors (Lipinski definition) is 2. The van der Waals surface area contributed by atoms with Crippen LogP contribution in [-0.4, -0.2) is 28.9 Å². The molecule has 2 aromatic heterocycles. The Morgan fingerprint density at radius 3 is 2.55 bits per heavy atom. The van der Waals surface area contributed by atoms with E-state index in [1.54, 1.807) is 4.40 Å². The molecule has 0 saturated carbocycles. The molecule has 8 nitrogen and oxygen atoms in total. The smallest absolute Gasteiger partial charge is 0.263 e. The molecular weight excluding hydrogens is 461 g/mol. The van der Waals surface area contributed by atoms with Crippen molar-refractivity contribution in [1.29, 1.82) is 0 Å². The van der Waals surface area contributed by atoms with Crippen LogP contribution < -0.4 is 10.0 Å². The molecule has 0 fully saturated rings. The molecule has 0 spiro atoms. The molecule has 0 aliphatic carbocycles. The van der Waals surface area contributed by atoms with Crippen molar-refractivity contribution >= 4 is 50.5 Å². The molecule has 0 unspecified atom stereocenters. The number of amides is 1. The monoisotopic (exact) mass is 475 g/mol. The number of halogens is 2. The number of fused-ring (bicyclic) bond motifs is 1. The molecule has 4 rings (SSSR count). The van der Waals surface area contributed by atoms with E-state index in [4.69, 9.17) is 23.2 Å². The lowest BCUT2D eigenvalue weighted by molar-refractivity contribution is 0.0950. The van der Waals surface area contributed by atoms with E-state index in [0.717, 1.165) is 0 Å². The van der Waals surface area contributed by atoms with Crippen molar-refractivity contribution in [2.75, 3.05) is 4.72 Å². The highest BCUT2D eigenvalue weighted by Gasteiger charge is 2.19. The molecular formula is C20H15Cl2N5O3S. The van der Waals surface area contributed by atoms with Gasteiger partial charge in [-0.2, -0.15) is 0 Å². The second-order valence-electron chi connectivity index (χ2n) is 6.49. The molecule has 0 radical (unpaired) electrons. The Hall–Kier alpha value is -3.14. The summed E-state index contributed by atoms with van der Waals surface area (Å²) < 4.78 is 29.4. The van der Waals surface area contributed by atoms with Gasteiger partial charge in [0.05, 0.1) is 11.6 Å². The lowest BCUT2D eigenvalue weighted by Crippen LogP contribution is -2.24. The second-order valence-corrected chi connectivity index (χ2v) is 8.98. The van der Waals surface area contributed by atoms with Gasteiger partial charge in [-0.05, 0) is 54.6 Å². The lowest BCUT2D eigenvalue weighted by atomic mass is 10.2. The standard InChI is InChI=1S/C20H15Cl2N5O3S/c21-14-6-9-16(22)17(11-14)31(29,30)26-15-7-4-13(5-8-15)20(28)23-12-19-25-24-18-3-1-2-10-27(18)19/h1-11,26H,12H2,(H,23,28). The molecule has 2 N–H and O–H groups in total. The van der Waals surface area contributed by atoms with Crippen LogP contribution in [0.3, 0.4) is 0 Å². The Morgan fingerprint density at radius 1 is 1.00 bits per heavy atom. The number of hydrogen-bond acceptors (Lipinski definition) is 5. The van der Waals surface area contributed by atoms with E-state index in [0.29, 0.717) is 17.0 Å². The number of carbonyl (C=O) groups excluding carboxylic acids is 1. The number of nitrogens with one attached hydrogen (secondary N) is 2. The highest BCUT2D eigenvalue weighted by molar-refractivity contribution is 7.92. The minimum Gasteiger partial charge on any atom is -0.345 e. The van der Waals surface area contributed by atoms with Crippen LogP contribution >= 0.6 is 23.2 Å². The first-order valence-corrected chi connectivity index (χ1v) is 11.2. The first-order chi connectivity index (χ1) is 14.8. The predicted octanol–water partition coefficient (Wildman–Crippen LogP) is 3.77. The van der Waals surface area contributed by atoms with E-state index < -0.39 is 10.0 Å². The molecule has 0 aliphatic rings. The Bertz CT molecular complexity index is 1370. The van der Waals surface area contributed by atoms with E-state index in [2.05, 4.69) is 20.2 Å². The van der Waals surface area contributed by atoms with E-state index in [9.17, 15) is 13.2 Å². The summed E-state index contributed by atoms with van der Waals surface area (Å²) >= 11 is 11.9. The van der Waals surface area contributed by atoms with Gasteiger partial charge in [-0.1, -0.05) is 29.3 Å². The molecule has 158 valence electrons. The molecule has 2 heterocycles. The van der Waals surface area contributed by atoms with Crippen molar-refractivity contribution in [1.82, 2.24) is 19.9 Å². The number of anilines is 1. The fraction of sp³-hybridized carbons (Fsp3) is 0.0500. The van der Waals surface area contributed by atoms with Gasteiger partial charge in [0, 0.05) is 22.5 Å². The molecule has 0 saturated heterocycles. The Labute approximate surface area is 187 Å². The highest BCUT2D eigenvalue weighted by Crippen LogP contribution is 2.27. The summed E-state index contributed by atoms with van der Waals surface area (Å²) in [5.74, 6) is 0.256. The summed E-state index contributed by atoms with van der Waals surface area (Å²) in [5.41, 5.74) is 1.32. The van der Waals surface area contributed by atoms with Gasteiger partial charge in [0.25, 0.3) is 15.9 Å². The van der Waals surface area contributed by atoms with E-state index in [1.165, 1.54) is 42.5 Å². The third-order valence-corrected chi connectivity index (χ3v) is 6.47. The number of rotatable bonds is 6. The third kappa shape index (κ3) is 4.63. The zero-order valence-electron chi connectivity index (χ0n) is 15.8. The fourth-order valence-electron chi connectivity index (χ4n) is 2.86. The number of aromatic nitrogens is 3. The fourth-order valence-corrected chi connectivity index (χ4v) is 4.68. The van der Waals surface area contributed by atoms with Crippen LogP contribution in [0.15, 0.2) is 71.8 Å². The number of carbonyl (C=O) groups is 1. The van der Waals surface area contributed by atoms with Crippen molar-refractivity contribution in [3.63, 3.8) is 0 Å². The van der Waals surface area contributed by atoms with Crippen LogP contribution in [0.1, 0.15) is 16.2 Å². The van der Waals surface area contributed by atoms with Crippen molar-refractivity contribution < 1.29 is 13.2 Å². The minimum atomic E-state index is -3.95. The average Bonchev–Trinajstić information content (AvgIpc) is 3.17. The molecule has 0 aliphatic heterocycles. The third-order valence-electron chi connectivity index (χ3n) is 4.37. The molecule has 0 atom stereocenters. The van der Waals surface area contributed by atoms with Gasteiger partial charge in [0.1, 0.15) is 4.90 Å². The number of sulfonamides is 1. The number of nitrogens with zero attached hydrogens (tertiary/aromatic N) is 3. The largest absolute Gasteiger partial charge is 0.345 e. The van der Waals surface area contributed by atoms with Crippen LogP contribution in [-0.2, 0) is 16.6 Å². The molecule has 1 amide bonds. The predicted molar refractivity (Wildman–Crippen MR) is 118 cm³/mol. The first kappa shape index (κ1) is 21.1. The van der Waals surface area contributed by atoms with E-state index >= 15 is 0 Å². The normalized spacial score (nSPS) is 11.4. The van der Waals surface area contributed by atoms with Crippen molar-refractivity contribution in [2.24, 2.45) is 0 Å². The zero-order chi connectivity index (χ0) is 22.0. The summed E-state index contributed by atoms with van der Waals surface area (Å²) in [7, 11) is -3.95. The van der Waals surface area contributed by atoms with Crippen molar-refractivity contribution in [2.45, 2.75) is 11.4 Å². The topological polar surface area (TPSA) is 105 Å². The van der Waals surface area contributed by atoms with E-state index in [-0.39, 0.29) is 33.1 Å². The molecule has 31 heavy (non-hydrogen) atoms. The lowest BCUT2D eigenvalue weighted by Gasteiger charge is -2.10. The van der Waals surface area contributed by atoms with Gasteiger partial charge in [0.2, 0.25) is 0 Å². The molecule has 0 bridgehead atoms. The highest BCUT2D eigenvalue weighted by atomic mass is 35.5. The Balaban J connectivity index is 1.44. The summed E-state index contributed by atoms with van der Waals surface area (Å²) in [6.07, 6.45) is 1.81. The van der Waals surface area contributed by atoms with Crippen LogP contribution in [0.4, 0.5) is 5.69 Å². The van der Waals surface area contributed by atoms with Crippen LogP contribution in [0.25, 0.3) is 5.65 Å². The Kier molecular flexibility index (Phi) is 5.81. The van der Waals surface area contributed by atoms with Gasteiger partial charge >= 0.3 is 0 Å². The van der Waals surface area contributed by atoms with E-state index in [1.807, 2.05) is 24.4 Å². The summed E-state index contributed by atoms with van der Waals surface area (Å²) in [4.78, 5) is 12.3. The van der Waals surface area contributed by atoms with Crippen LogP contribution in [0, 0.1) is 0 Å². The van der Waals surface area contributed by atoms with Gasteiger partial charge in [-0.3, -0.25) is 13.9 Å². The average molecular weight is 476 g/mol. The van der Waals surface area contributed by atoms with Crippen molar-refractivity contribution in [3.8, 4) is 0 Å². The zero-order valence-corrected chi connectivity index (χ0v) is 18.1. The van der Waals surface area contributed by atoms with Gasteiger partial charge in [-0.15, -0.1) is 10.2 Å². The quantitative estimate of drug-likeness (QED) is 0.441. The van der Waals surface area contributed by atoms with Crippen molar-refractivity contribution in [3.05, 3.63) is 88.3 Å². The number of benzene rings is 2. The Morgan fingerprint density at radius 2 is 1.77 bits per heavy atom. The maximum absolute atomic E-state index is 12.6. The molecule has 4 aromatic rings. The first-order valence-electron chi connectivity index (χ1n) is 8.98. The van der Waals surface area contributed by atoms with Gasteiger partial charge in [0.15, 0.2) is 11.5 Å². The van der Waals surface area contributed by atoms with Crippen LogP contribution in [0.5, 0.6) is 0 Å². The van der Waals surface area contributed by atoms with Crippen LogP contribution in [0.2, 0.25) is 10.0 Å². The summed E-state index contributed by atoms with van der Waals surface area (Å²) in [6, 6.07) is 15.7. The summed E-state index contributed by atoms with van der Waals surface area (Å²) in [6.45, 7) is 0.186. The summed E-state index contributed by atoms with van der Waals surface area (Å²) in [5, 5.41) is 11.2. The SMILES string of the molecule is O=C(NCc1nnc2ccccn12)c1ccc(NS(=O)(=O)c2cc(Cl)ccc2Cl)cc1. The second kappa shape index (κ2) is 8.54. The maximum Gasteiger partial charge on any atom is 0.263 e. The minimum absolute atomic E-state index is 0.0499.